The predicted molar refractivity (Wildman–Crippen MR) is 104 cm³/mol. The maximum absolute atomic E-state index is 12.4. The normalized spacial score (nSPS) is 20.4. The van der Waals surface area contributed by atoms with Crippen molar-refractivity contribution in [1.29, 1.82) is 0 Å². The van der Waals surface area contributed by atoms with Crippen LogP contribution >= 0.6 is 0 Å². The monoisotopic (exact) mass is 359 g/mol. The fraction of sp³-hybridized carbons (Fsp3) is 0.667. The molecule has 0 unspecified atom stereocenters. The third kappa shape index (κ3) is 5.71. The lowest BCUT2D eigenvalue weighted by Gasteiger charge is -2.30. The van der Waals surface area contributed by atoms with Crippen molar-refractivity contribution in [2.75, 3.05) is 32.7 Å². The number of amides is 2. The van der Waals surface area contributed by atoms with Crippen LogP contribution in [0.4, 0.5) is 4.79 Å². The fourth-order valence-electron chi connectivity index (χ4n) is 4.02. The molecule has 2 aliphatic rings. The topological polar surface area (TPSA) is 55.8 Å². The first-order valence-electron chi connectivity index (χ1n) is 10.2. The van der Waals surface area contributed by atoms with Crippen molar-refractivity contribution in [3.05, 3.63) is 35.4 Å². The van der Waals surface area contributed by atoms with Crippen molar-refractivity contribution >= 4 is 6.03 Å². The molecular formula is C21H33N3O2. The van der Waals surface area contributed by atoms with E-state index in [1.54, 1.807) is 0 Å². The number of carbonyl (C=O) groups is 1. The number of hydrogen-bond acceptors (Lipinski definition) is 3. The number of aliphatic hydroxyl groups excluding tert-OH is 1. The molecule has 2 amide bonds. The molecule has 2 N–H and O–H groups in total. The number of benzene rings is 1. The van der Waals surface area contributed by atoms with Gasteiger partial charge in [-0.05, 0) is 30.4 Å². The number of urea groups is 1. The van der Waals surface area contributed by atoms with Crippen LogP contribution < -0.4 is 5.32 Å². The summed E-state index contributed by atoms with van der Waals surface area (Å²) >= 11 is 0. The quantitative estimate of drug-likeness (QED) is 0.869. The Hall–Kier alpha value is -1.59. The summed E-state index contributed by atoms with van der Waals surface area (Å²) in [5.41, 5.74) is 2.77. The number of aliphatic hydroxyl groups is 1. The number of hydrogen-bond donors (Lipinski definition) is 2. The summed E-state index contributed by atoms with van der Waals surface area (Å²) in [7, 11) is 0. The van der Waals surface area contributed by atoms with Crippen molar-refractivity contribution in [2.24, 2.45) is 0 Å². The van der Waals surface area contributed by atoms with Crippen LogP contribution in [-0.2, 0) is 13.0 Å². The van der Waals surface area contributed by atoms with Gasteiger partial charge in [0.05, 0.1) is 6.10 Å². The molecule has 0 radical (unpaired) electrons. The van der Waals surface area contributed by atoms with Crippen LogP contribution in [0.15, 0.2) is 24.3 Å². The van der Waals surface area contributed by atoms with Crippen molar-refractivity contribution in [2.45, 2.75) is 57.6 Å². The second-order valence-corrected chi connectivity index (χ2v) is 7.70. The Morgan fingerprint density at radius 1 is 1.00 bits per heavy atom. The Labute approximate surface area is 157 Å². The van der Waals surface area contributed by atoms with Gasteiger partial charge in [-0.1, -0.05) is 49.9 Å². The summed E-state index contributed by atoms with van der Waals surface area (Å²) in [5.74, 6) is 0. The highest BCUT2D eigenvalue weighted by Gasteiger charge is 2.20. The van der Waals surface area contributed by atoms with Crippen molar-refractivity contribution in [3.63, 3.8) is 0 Å². The summed E-state index contributed by atoms with van der Waals surface area (Å²) in [6.07, 6.45) is 7.67. The van der Waals surface area contributed by atoms with Gasteiger partial charge >= 0.3 is 6.03 Å². The molecule has 5 heteroatoms. The number of nitrogens with one attached hydrogen (secondary N) is 1. The van der Waals surface area contributed by atoms with Gasteiger partial charge < -0.3 is 15.3 Å². The van der Waals surface area contributed by atoms with Gasteiger partial charge in [0.15, 0.2) is 0 Å². The standard InChI is InChI=1S/C21H33N3O2/c25-20(17-23-14-11-18-9-5-6-10-19(18)16-23)15-22-21(26)24-12-7-3-1-2-4-8-13-24/h5-6,9-10,20,25H,1-4,7-8,11-17H2,(H,22,26)/t20-/m0/s1. The third-order valence-electron chi connectivity index (χ3n) is 5.56. The highest BCUT2D eigenvalue weighted by molar-refractivity contribution is 5.74. The summed E-state index contributed by atoms with van der Waals surface area (Å²) in [6, 6.07) is 8.50. The molecule has 1 saturated heterocycles. The van der Waals surface area contributed by atoms with Crippen LogP contribution in [0.1, 0.15) is 49.7 Å². The second-order valence-electron chi connectivity index (χ2n) is 7.70. The van der Waals surface area contributed by atoms with E-state index in [1.807, 2.05) is 4.90 Å². The van der Waals surface area contributed by atoms with Gasteiger partial charge in [-0.3, -0.25) is 4.90 Å². The zero-order valence-electron chi connectivity index (χ0n) is 15.8. The maximum atomic E-state index is 12.4. The van der Waals surface area contributed by atoms with Gasteiger partial charge in [0.25, 0.3) is 0 Å². The first kappa shape index (κ1) is 19.2. The highest BCUT2D eigenvalue weighted by atomic mass is 16.3. The minimum absolute atomic E-state index is 0.0186. The molecule has 0 aliphatic carbocycles. The molecule has 144 valence electrons. The van der Waals surface area contributed by atoms with Crippen LogP contribution in [0.2, 0.25) is 0 Å². The number of fused-ring (bicyclic) bond motifs is 1. The lowest BCUT2D eigenvalue weighted by Crippen LogP contribution is -2.46. The molecule has 0 spiro atoms. The van der Waals surface area contributed by atoms with Gasteiger partial charge in [-0.2, -0.15) is 0 Å². The average molecular weight is 360 g/mol. The van der Waals surface area contributed by atoms with E-state index in [0.717, 1.165) is 45.4 Å². The van der Waals surface area contributed by atoms with Crippen LogP contribution in [0, 0.1) is 0 Å². The molecule has 3 rings (SSSR count). The molecule has 0 saturated carbocycles. The Balaban J connectivity index is 1.40. The Morgan fingerprint density at radius 3 is 2.38 bits per heavy atom. The van der Waals surface area contributed by atoms with E-state index in [-0.39, 0.29) is 6.03 Å². The highest BCUT2D eigenvalue weighted by Crippen LogP contribution is 2.18. The summed E-state index contributed by atoms with van der Waals surface area (Å²) in [4.78, 5) is 16.6. The summed E-state index contributed by atoms with van der Waals surface area (Å²) in [6.45, 7) is 4.46. The third-order valence-corrected chi connectivity index (χ3v) is 5.56. The molecule has 2 aliphatic heterocycles. The van der Waals surface area contributed by atoms with Gasteiger partial charge in [0.2, 0.25) is 0 Å². The molecular weight excluding hydrogens is 326 g/mol. The smallest absolute Gasteiger partial charge is 0.317 e. The molecule has 2 heterocycles. The largest absolute Gasteiger partial charge is 0.390 e. The van der Waals surface area contributed by atoms with E-state index < -0.39 is 6.10 Å². The van der Waals surface area contributed by atoms with E-state index in [2.05, 4.69) is 34.5 Å². The SMILES string of the molecule is O=C(NC[C@H](O)CN1CCc2ccccc2C1)N1CCCCCCCC1. The minimum atomic E-state index is -0.526. The van der Waals surface area contributed by atoms with E-state index in [0.29, 0.717) is 13.1 Å². The molecule has 0 aromatic heterocycles. The molecule has 1 aromatic rings. The van der Waals surface area contributed by atoms with Crippen molar-refractivity contribution in [3.8, 4) is 0 Å². The lowest BCUT2D eigenvalue weighted by atomic mass is 10.00. The Morgan fingerprint density at radius 2 is 1.65 bits per heavy atom. The number of rotatable bonds is 4. The lowest BCUT2D eigenvalue weighted by molar-refractivity contribution is 0.103. The molecule has 1 aromatic carbocycles. The van der Waals surface area contributed by atoms with Crippen LogP contribution in [0.3, 0.4) is 0 Å². The predicted octanol–water partition coefficient (Wildman–Crippen LogP) is 2.77. The Bertz CT molecular complexity index is 568. The van der Waals surface area contributed by atoms with E-state index in [1.165, 1.54) is 36.8 Å². The van der Waals surface area contributed by atoms with Crippen LogP contribution in [0.25, 0.3) is 0 Å². The zero-order chi connectivity index (χ0) is 18.2. The number of carbonyl (C=O) groups excluding carboxylic acids is 1. The number of nitrogens with zero attached hydrogens (tertiary/aromatic N) is 2. The summed E-state index contributed by atoms with van der Waals surface area (Å²) in [5, 5.41) is 13.3. The number of β-amino-alcohol motifs (C(OH)–C–C–N with tert-alkyl or cyclic N) is 1. The van der Waals surface area contributed by atoms with Gasteiger partial charge in [0, 0.05) is 39.3 Å². The van der Waals surface area contributed by atoms with E-state index in [9.17, 15) is 9.90 Å². The molecule has 0 bridgehead atoms. The first-order chi connectivity index (χ1) is 12.7. The maximum Gasteiger partial charge on any atom is 0.317 e. The van der Waals surface area contributed by atoms with E-state index in [4.69, 9.17) is 0 Å². The molecule has 26 heavy (non-hydrogen) atoms. The molecule has 1 fully saturated rings. The second kappa shape index (κ2) is 9.93. The van der Waals surface area contributed by atoms with Crippen LogP contribution in [0.5, 0.6) is 0 Å². The van der Waals surface area contributed by atoms with Gasteiger partial charge in [-0.25, -0.2) is 4.79 Å². The summed E-state index contributed by atoms with van der Waals surface area (Å²) < 4.78 is 0. The fourth-order valence-corrected chi connectivity index (χ4v) is 4.02. The van der Waals surface area contributed by atoms with Crippen molar-refractivity contribution < 1.29 is 9.90 Å². The Kier molecular flexibility index (Phi) is 7.32. The molecule has 5 nitrogen and oxygen atoms in total. The average Bonchev–Trinajstić information content (AvgIpc) is 2.80. The minimum Gasteiger partial charge on any atom is -0.390 e. The van der Waals surface area contributed by atoms with Gasteiger partial charge in [0.1, 0.15) is 0 Å². The first-order valence-corrected chi connectivity index (χ1v) is 10.2. The van der Waals surface area contributed by atoms with Crippen molar-refractivity contribution in [1.82, 2.24) is 15.1 Å². The molecule has 1 atom stereocenters. The van der Waals surface area contributed by atoms with Crippen LogP contribution in [-0.4, -0.2) is 59.8 Å². The zero-order valence-corrected chi connectivity index (χ0v) is 15.8. The van der Waals surface area contributed by atoms with Gasteiger partial charge in [-0.15, -0.1) is 0 Å². The van der Waals surface area contributed by atoms with E-state index >= 15 is 0 Å².